The Balaban J connectivity index is 1.71. The van der Waals surface area contributed by atoms with Crippen LogP contribution in [0.5, 0.6) is 11.5 Å². The number of hydrogen-bond donors (Lipinski definition) is 1. The van der Waals surface area contributed by atoms with E-state index in [9.17, 15) is 28.1 Å². The molecule has 14 heteroatoms. The average molecular weight is 649 g/mol. The number of nitrogens with one attached hydrogen (secondary N) is 1. The third kappa shape index (κ3) is 8.32. The Bertz CT molecular complexity index is 1420. The van der Waals surface area contributed by atoms with Crippen LogP contribution in [0.25, 0.3) is 0 Å². The van der Waals surface area contributed by atoms with Crippen LogP contribution in [-0.2, 0) is 24.0 Å². The molecule has 0 saturated heterocycles. The number of nitro groups is 1. The van der Waals surface area contributed by atoms with E-state index in [0.717, 1.165) is 6.07 Å². The maximum Gasteiger partial charge on any atom is 0.416 e. The van der Waals surface area contributed by atoms with E-state index in [-0.39, 0.29) is 12.2 Å². The average Bonchev–Trinajstić information content (AvgIpc) is 2.85. The van der Waals surface area contributed by atoms with E-state index >= 15 is 0 Å². The first kappa shape index (κ1) is 30.2. The molecule has 0 bridgehead atoms. The summed E-state index contributed by atoms with van der Waals surface area (Å²) in [6.45, 7) is 2.26. The minimum atomic E-state index is -4.76. The van der Waals surface area contributed by atoms with Crippen LogP contribution in [0.1, 0.15) is 29.2 Å². The molecule has 3 aromatic carbocycles. The molecule has 0 unspecified atom stereocenters. The smallest absolute Gasteiger partial charge is 0.416 e. The van der Waals surface area contributed by atoms with Gasteiger partial charge in [-0.25, -0.2) is 5.43 Å². The van der Waals surface area contributed by atoms with Crippen LogP contribution in [0.2, 0.25) is 10.0 Å². The quantitative estimate of drug-likeness (QED) is 0.141. The Labute approximate surface area is 239 Å². The second-order valence-electron chi connectivity index (χ2n) is 7.85. The lowest BCUT2D eigenvalue weighted by Crippen LogP contribution is -2.20. The molecule has 0 radical (unpaired) electrons. The number of nitro benzene ring substituents is 1. The number of amides is 1. The molecule has 1 amide bonds. The predicted octanol–water partition coefficient (Wildman–Crippen LogP) is 7.35. The monoisotopic (exact) mass is 647 g/mol. The van der Waals surface area contributed by atoms with Gasteiger partial charge in [-0.05, 0) is 53.2 Å². The Morgan fingerprint density at radius 1 is 1.10 bits per heavy atom. The maximum absolute atomic E-state index is 12.9. The van der Waals surface area contributed by atoms with Crippen molar-refractivity contribution in [2.75, 3.05) is 6.61 Å². The van der Waals surface area contributed by atoms with Gasteiger partial charge in [0.05, 0.1) is 29.7 Å². The fraction of sp³-hybridized carbons (Fsp3) is 0.200. The molecule has 0 spiro atoms. The van der Waals surface area contributed by atoms with E-state index < -0.39 is 34.7 Å². The van der Waals surface area contributed by atoms with Gasteiger partial charge in [0.15, 0.2) is 11.5 Å². The van der Waals surface area contributed by atoms with Crippen LogP contribution in [-0.4, -0.2) is 23.7 Å². The van der Waals surface area contributed by atoms with Crippen molar-refractivity contribution in [1.29, 1.82) is 0 Å². The predicted molar refractivity (Wildman–Crippen MR) is 144 cm³/mol. The zero-order valence-corrected chi connectivity index (χ0v) is 23.1. The zero-order chi connectivity index (χ0) is 28.7. The lowest BCUT2D eigenvalue weighted by molar-refractivity contribution is -0.385. The molecule has 3 aromatic rings. The summed E-state index contributed by atoms with van der Waals surface area (Å²) in [7, 11) is 0. The summed E-state index contributed by atoms with van der Waals surface area (Å²) in [6.07, 6.45) is -4.02. The Morgan fingerprint density at radius 2 is 1.79 bits per heavy atom. The number of alkyl halides is 3. The van der Waals surface area contributed by atoms with Gasteiger partial charge in [-0.1, -0.05) is 35.3 Å². The summed E-state index contributed by atoms with van der Waals surface area (Å²) < 4.78 is 50.7. The fourth-order valence-electron chi connectivity index (χ4n) is 3.27. The van der Waals surface area contributed by atoms with Gasteiger partial charge in [-0.2, -0.15) is 18.3 Å². The number of hydrazone groups is 1. The van der Waals surface area contributed by atoms with Gasteiger partial charge in [0, 0.05) is 37.3 Å². The molecule has 0 aliphatic rings. The van der Waals surface area contributed by atoms with Crippen LogP contribution in [0.3, 0.4) is 0 Å². The summed E-state index contributed by atoms with van der Waals surface area (Å²) in [5.74, 6) is 0.0274. The van der Waals surface area contributed by atoms with Crippen LogP contribution in [0.4, 0.5) is 18.9 Å². The minimum Gasteiger partial charge on any atom is -0.490 e. The van der Waals surface area contributed by atoms with Crippen molar-refractivity contribution in [3.05, 3.63) is 95.4 Å². The number of nitrogens with zero attached hydrogens (tertiary/aromatic N) is 2. The Morgan fingerprint density at radius 3 is 2.44 bits per heavy atom. The van der Waals surface area contributed by atoms with Crippen molar-refractivity contribution in [3.8, 4) is 11.5 Å². The minimum absolute atomic E-state index is 0.141. The number of rotatable bonds is 10. The first-order chi connectivity index (χ1) is 18.4. The number of carbonyl (C=O) groups is 1. The van der Waals surface area contributed by atoms with E-state index in [1.807, 2.05) is 0 Å². The molecule has 0 atom stereocenters. The number of ether oxygens (including phenoxy) is 2. The van der Waals surface area contributed by atoms with Crippen LogP contribution < -0.4 is 14.9 Å². The Hall–Kier alpha value is -3.35. The third-order valence-corrected chi connectivity index (χ3v) is 6.39. The largest absolute Gasteiger partial charge is 0.490 e. The van der Waals surface area contributed by atoms with Crippen molar-refractivity contribution in [2.45, 2.75) is 26.1 Å². The van der Waals surface area contributed by atoms with E-state index in [0.29, 0.717) is 55.9 Å². The Kier molecular flexibility index (Phi) is 10.2. The van der Waals surface area contributed by atoms with E-state index in [2.05, 4.69) is 26.5 Å². The lowest BCUT2D eigenvalue weighted by atomic mass is 10.1. The van der Waals surface area contributed by atoms with Crippen molar-refractivity contribution < 1.29 is 32.4 Å². The zero-order valence-electron chi connectivity index (χ0n) is 20.0. The van der Waals surface area contributed by atoms with Gasteiger partial charge in [-0.15, -0.1) is 0 Å². The molecule has 1 N–H and O–H groups in total. The second kappa shape index (κ2) is 13.1. The summed E-state index contributed by atoms with van der Waals surface area (Å²) in [5.41, 5.74) is 1.22. The summed E-state index contributed by atoms with van der Waals surface area (Å²) >= 11 is 15.5. The standard InChI is InChI=1S/C25H19BrCl2F3N3O5/c1-2-38-22-7-16(19(26)11-23(22)39-13-15-4-6-18(27)10-20(15)28)12-32-33-24(35)8-14-3-5-17(25(29,30)31)9-21(14)34(36)37/h3-7,9-12H,2,8,13H2,1H3,(H,33,35)/b32-12+. The fourth-order valence-corrected chi connectivity index (χ4v) is 4.16. The van der Waals surface area contributed by atoms with Gasteiger partial charge in [0.2, 0.25) is 5.91 Å². The van der Waals surface area contributed by atoms with Gasteiger partial charge in [0.25, 0.3) is 5.69 Å². The van der Waals surface area contributed by atoms with Gasteiger partial charge >= 0.3 is 6.18 Å². The first-order valence-electron chi connectivity index (χ1n) is 11.1. The molecule has 0 aromatic heterocycles. The topological polar surface area (TPSA) is 103 Å². The molecule has 8 nitrogen and oxygen atoms in total. The van der Waals surface area contributed by atoms with Crippen LogP contribution >= 0.6 is 39.1 Å². The number of hydrogen-bond acceptors (Lipinski definition) is 6. The van der Waals surface area contributed by atoms with Crippen molar-refractivity contribution in [2.24, 2.45) is 5.10 Å². The second-order valence-corrected chi connectivity index (χ2v) is 9.54. The molecule has 206 valence electrons. The third-order valence-electron chi connectivity index (χ3n) is 5.11. The van der Waals surface area contributed by atoms with E-state index in [1.165, 1.54) is 6.21 Å². The normalized spacial score (nSPS) is 11.5. The molecule has 0 saturated carbocycles. The highest BCUT2D eigenvalue weighted by Crippen LogP contribution is 2.35. The van der Waals surface area contributed by atoms with Crippen molar-refractivity contribution in [3.63, 3.8) is 0 Å². The molecule has 3 rings (SSSR count). The van der Waals surface area contributed by atoms with Crippen LogP contribution in [0, 0.1) is 10.1 Å². The van der Waals surface area contributed by atoms with E-state index in [4.69, 9.17) is 32.7 Å². The molecule has 0 aliphatic heterocycles. The highest BCUT2D eigenvalue weighted by Gasteiger charge is 2.33. The van der Waals surface area contributed by atoms with E-state index in [1.54, 1.807) is 37.3 Å². The summed E-state index contributed by atoms with van der Waals surface area (Å²) in [4.78, 5) is 22.5. The summed E-state index contributed by atoms with van der Waals surface area (Å²) in [5, 5.41) is 16.0. The lowest BCUT2D eigenvalue weighted by Gasteiger charge is -2.14. The molecular formula is C25H19BrCl2F3N3O5. The molecule has 0 aliphatic carbocycles. The van der Waals surface area contributed by atoms with Crippen LogP contribution in [0.15, 0.2) is 58.1 Å². The number of halogens is 6. The molecule has 0 fully saturated rings. The highest BCUT2D eigenvalue weighted by molar-refractivity contribution is 9.10. The molecular weight excluding hydrogens is 630 g/mol. The highest BCUT2D eigenvalue weighted by atomic mass is 79.9. The maximum atomic E-state index is 12.9. The van der Waals surface area contributed by atoms with Crippen molar-refractivity contribution >= 4 is 56.9 Å². The SMILES string of the molecule is CCOc1cc(/C=N/NC(=O)Cc2ccc(C(F)(F)F)cc2[N+](=O)[O-])c(Br)cc1OCc1ccc(Cl)cc1Cl. The van der Waals surface area contributed by atoms with Gasteiger partial charge in [-0.3, -0.25) is 14.9 Å². The molecule has 0 heterocycles. The van der Waals surface area contributed by atoms with Gasteiger partial charge < -0.3 is 9.47 Å². The number of carbonyl (C=O) groups excluding carboxylic acids is 1. The first-order valence-corrected chi connectivity index (χ1v) is 12.6. The van der Waals surface area contributed by atoms with Gasteiger partial charge in [0.1, 0.15) is 6.61 Å². The number of benzene rings is 3. The van der Waals surface area contributed by atoms with Crippen molar-refractivity contribution in [1.82, 2.24) is 5.43 Å². The summed E-state index contributed by atoms with van der Waals surface area (Å²) in [6, 6.07) is 10.2. The molecule has 39 heavy (non-hydrogen) atoms.